The van der Waals surface area contributed by atoms with E-state index in [2.05, 4.69) is 5.32 Å². The van der Waals surface area contributed by atoms with Crippen molar-refractivity contribution in [3.63, 3.8) is 0 Å². The molecule has 0 aliphatic heterocycles. The number of carbonyl (C=O) groups excluding carboxylic acids is 1. The highest BCUT2D eigenvalue weighted by Crippen LogP contribution is 2.22. The van der Waals surface area contributed by atoms with E-state index in [1.165, 1.54) is 24.3 Å². The minimum absolute atomic E-state index is 0.0275. The Morgan fingerprint density at radius 3 is 2.36 bits per heavy atom. The summed E-state index contributed by atoms with van der Waals surface area (Å²) in [6.45, 7) is 3.94. The van der Waals surface area contributed by atoms with E-state index in [1.807, 2.05) is 38.1 Å². The fourth-order valence-corrected chi connectivity index (χ4v) is 2.86. The Labute approximate surface area is 146 Å². The Hall–Kier alpha value is -2.69. The van der Waals surface area contributed by atoms with Gasteiger partial charge in [-0.1, -0.05) is 43.3 Å². The molecule has 0 saturated heterocycles. The quantitative estimate of drug-likeness (QED) is 0.807. The number of nitrogens with one attached hydrogen (secondary N) is 1. The first-order valence-corrected chi connectivity index (χ1v) is 8.19. The number of hydrogen-bond acceptors (Lipinski definition) is 2. The van der Waals surface area contributed by atoms with Gasteiger partial charge >= 0.3 is 5.97 Å². The molecule has 1 amide bonds. The lowest BCUT2D eigenvalue weighted by atomic mass is 9.93. The first kappa shape index (κ1) is 18.6. The number of carbonyl (C=O) groups is 2. The normalized spacial score (nSPS) is 13.1. The molecule has 0 fully saturated rings. The zero-order chi connectivity index (χ0) is 18.4. The Balaban J connectivity index is 1.96. The van der Waals surface area contributed by atoms with E-state index < -0.39 is 17.7 Å². The summed E-state index contributed by atoms with van der Waals surface area (Å²) in [4.78, 5) is 23.6. The number of carboxylic acids is 1. The molecule has 2 atom stereocenters. The van der Waals surface area contributed by atoms with Gasteiger partial charge in [0.2, 0.25) is 5.91 Å². The molecular formula is C20H22FNO3. The van der Waals surface area contributed by atoms with Gasteiger partial charge < -0.3 is 10.4 Å². The summed E-state index contributed by atoms with van der Waals surface area (Å²) in [5.74, 6) is -2.56. The van der Waals surface area contributed by atoms with Gasteiger partial charge in [-0.05, 0) is 41.7 Å². The van der Waals surface area contributed by atoms with Crippen molar-refractivity contribution < 1.29 is 19.1 Å². The summed E-state index contributed by atoms with van der Waals surface area (Å²) in [5.41, 5.74) is 2.68. The average molecular weight is 343 g/mol. The van der Waals surface area contributed by atoms with Gasteiger partial charge in [0, 0.05) is 13.0 Å². The highest BCUT2D eigenvalue weighted by molar-refractivity contribution is 5.80. The molecule has 5 heteroatoms. The molecule has 2 aromatic carbocycles. The molecule has 2 aromatic rings. The van der Waals surface area contributed by atoms with E-state index in [-0.39, 0.29) is 24.8 Å². The summed E-state index contributed by atoms with van der Waals surface area (Å²) in [6.07, 6.45) is 0.278. The molecule has 4 nitrogen and oxygen atoms in total. The number of carboxylic acid groups (broad SMARTS) is 1. The molecule has 0 bridgehead atoms. The second-order valence-corrected chi connectivity index (χ2v) is 6.21. The third kappa shape index (κ3) is 5.14. The van der Waals surface area contributed by atoms with Crippen LogP contribution in [-0.4, -0.2) is 23.5 Å². The third-order valence-corrected chi connectivity index (χ3v) is 4.28. The van der Waals surface area contributed by atoms with Crippen LogP contribution in [0.5, 0.6) is 0 Å². The largest absolute Gasteiger partial charge is 0.481 e. The second kappa shape index (κ2) is 8.42. The van der Waals surface area contributed by atoms with Gasteiger partial charge in [-0.15, -0.1) is 0 Å². The van der Waals surface area contributed by atoms with Gasteiger partial charge in [0.25, 0.3) is 0 Å². The van der Waals surface area contributed by atoms with Crippen molar-refractivity contribution in [3.8, 4) is 0 Å². The van der Waals surface area contributed by atoms with Crippen LogP contribution in [-0.2, 0) is 9.59 Å². The molecule has 0 heterocycles. The number of hydrogen-bond donors (Lipinski definition) is 2. The molecule has 0 spiro atoms. The van der Waals surface area contributed by atoms with Crippen LogP contribution < -0.4 is 5.32 Å². The maximum Gasteiger partial charge on any atom is 0.312 e. The smallest absolute Gasteiger partial charge is 0.312 e. The first-order valence-electron chi connectivity index (χ1n) is 8.19. The summed E-state index contributed by atoms with van der Waals surface area (Å²) >= 11 is 0. The van der Waals surface area contributed by atoms with Crippen LogP contribution in [0.15, 0.2) is 48.5 Å². The van der Waals surface area contributed by atoms with E-state index in [9.17, 15) is 19.1 Å². The summed E-state index contributed by atoms with van der Waals surface area (Å²) < 4.78 is 13.0. The Morgan fingerprint density at radius 1 is 1.12 bits per heavy atom. The van der Waals surface area contributed by atoms with Crippen molar-refractivity contribution in [2.75, 3.05) is 6.54 Å². The Bertz CT molecular complexity index is 743. The molecule has 2 unspecified atom stereocenters. The molecule has 0 aliphatic carbocycles. The van der Waals surface area contributed by atoms with Crippen LogP contribution in [0.1, 0.15) is 41.9 Å². The SMILES string of the molecule is Cc1ccccc1C(C)CC(=O)NCC(C(=O)O)c1ccc(F)cc1. The third-order valence-electron chi connectivity index (χ3n) is 4.28. The van der Waals surface area contributed by atoms with E-state index >= 15 is 0 Å². The molecule has 0 radical (unpaired) electrons. The lowest BCUT2D eigenvalue weighted by Gasteiger charge is -2.17. The van der Waals surface area contributed by atoms with Crippen LogP contribution in [0.25, 0.3) is 0 Å². The van der Waals surface area contributed by atoms with Gasteiger partial charge in [0.1, 0.15) is 5.82 Å². The highest BCUT2D eigenvalue weighted by Gasteiger charge is 2.21. The minimum atomic E-state index is -1.06. The molecule has 2 N–H and O–H groups in total. The zero-order valence-corrected chi connectivity index (χ0v) is 14.3. The number of halogens is 1. The van der Waals surface area contributed by atoms with E-state index in [1.54, 1.807) is 0 Å². The molecule has 132 valence electrons. The number of rotatable bonds is 7. The predicted octanol–water partition coefficient (Wildman–Crippen LogP) is 3.61. The predicted molar refractivity (Wildman–Crippen MR) is 94.0 cm³/mol. The monoisotopic (exact) mass is 343 g/mol. The van der Waals surface area contributed by atoms with Crippen LogP contribution in [0, 0.1) is 12.7 Å². The van der Waals surface area contributed by atoms with E-state index in [0.717, 1.165) is 11.1 Å². The number of benzene rings is 2. The number of aryl methyl sites for hydroxylation is 1. The van der Waals surface area contributed by atoms with Crippen molar-refractivity contribution in [1.29, 1.82) is 0 Å². The van der Waals surface area contributed by atoms with Crippen molar-refractivity contribution >= 4 is 11.9 Å². The molecule has 25 heavy (non-hydrogen) atoms. The minimum Gasteiger partial charge on any atom is -0.481 e. The van der Waals surface area contributed by atoms with Crippen LogP contribution >= 0.6 is 0 Å². The lowest BCUT2D eigenvalue weighted by molar-refractivity contribution is -0.138. The maximum atomic E-state index is 13.0. The van der Waals surface area contributed by atoms with Gasteiger partial charge in [-0.2, -0.15) is 0 Å². The number of aliphatic carboxylic acids is 1. The molecule has 0 saturated carbocycles. The summed E-state index contributed by atoms with van der Waals surface area (Å²) in [6, 6.07) is 13.2. The van der Waals surface area contributed by atoms with Gasteiger partial charge in [0.15, 0.2) is 0 Å². The highest BCUT2D eigenvalue weighted by atomic mass is 19.1. The maximum absolute atomic E-state index is 13.0. The Kier molecular flexibility index (Phi) is 6.28. The molecule has 0 aliphatic rings. The standard InChI is InChI=1S/C20H22FNO3/c1-13-5-3-4-6-17(13)14(2)11-19(23)22-12-18(20(24)25)15-7-9-16(21)10-8-15/h3-10,14,18H,11-12H2,1-2H3,(H,22,23)(H,24,25). The van der Waals surface area contributed by atoms with Crippen LogP contribution in [0.3, 0.4) is 0 Å². The van der Waals surface area contributed by atoms with Crippen molar-refractivity contribution in [1.82, 2.24) is 5.32 Å². The lowest BCUT2D eigenvalue weighted by Crippen LogP contribution is -2.32. The van der Waals surface area contributed by atoms with E-state index in [0.29, 0.717) is 5.56 Å². The van der Waals surface area contributed by atoms with E-state index in [4.69, 9.17) is 0 Å². The topological polar surface area (TPSA) is 66.4 Å². The fraction of sp³-hybridized carbons (Fsp3) is 0.300. The first-order chi connectivity index (χ1) is 11.9. The summed E-state index contributed by atoms with van der Waals surface area (Å²) in [5, 5.41) is 12.0. The van der Waals surface area contributed by atoms with Crippen LogP contribution in [0.2, 0.25) is 0 Å². The van der Waals surface area contributed by atoms with Crippen molar-refractivity contribution in [2.45, 2.75) is 32.1 Å². The fourth-order valence-electron chi connectivity index (χ4n) is 2.86. The molecular weight excluding hydrogens is 321 g/mol. The van der Waals surface area contributed by atoms with Crippen LogP contribution in [0.4, 0.5) is 4.39 Å². The van der Waals surface area contributed by atoms with Crippen molar-refractivity contribution in [2.24, 2.45) is 0 Å². The molecule has 0 aromatic heterocycles. The Morgan fingerprint density at radius 2 is 1.76 bits per heavy atom. The van der Waals surface area contributed by atoms with Gasteiger partial charge in [0.05, 0.1) is 5.92 Å². The summed E-state index contributed by atoms with van der Waals surface area (Å²) in [7, 11) is 0. The van der Waals surface area contributed by atoms with Gasteiger partial charge in [-0.25, -0.2) is 4.39 Å². The molecule has 2 rings (SSSR count). The van der Waals surface area contributed by atoms with Gasteiger partial charge in [-0.3, -0.25) is 9.59 Å². The second-order valence-electron chi connectivity index (χ2n) is 6.21. The number of amides is 1. The average Bonchev–Trinajstić information content (AvgIpc) is 2.56. The zero-order valence-electron chi connectivity index (χ0n) is 14.3. The van der Waals surface area contributed by atoms with Crippen molar-refractivity contribution in [3.05, 3.63) is 71.0 Å².